The van der Waals surface area contributed by atoms with Crippen LogP contribution in [0.1, 0.15) is 31.3 Å². The van der Waals surface area contributed by atoms with Crippen LogP contribution >= 0.6 is 11.3 Å². The van der Waals surface area contributed by atoms with Gasteiger partial charge in [-0.1, -0.05) is 18.2 Å². The van der Waals surface area contributed by atoms with Gasteiger partial charge >= 0.3 is 0 Å². The summed E-state index contributed by atoms with van der Waals surface area (Å²) in [4.78, 5) is 4.22. The van der Waals surface area contributed by atoms with E-state index in [0.717, 1.165) is 17.3 Å². The van der Waals surface area contributed by atoms with Gasteiger partial charge in [-0.3, -0.25) is 0 Å². The van der Waals surface area contributed by atoms with Crippen molar-refractivity contribution >= 4 is 11.3 Å². The van der Waals surface area contributed by atoms with E-state index in [0.29, 0.717) is 6.61 Å². The van der Waals surface area contributed by atoms with E-state index >= 15 is 0 Å². The average Bonchev–Trinajstić information content (AvgIpc) is 2.87. The van der Waals surface area contributed by atoms with E-state index in [1.165, 1.54) is 5.56 Å². The van der Waals surface area contributed by atoms with Crippen molar-refractivity contribution in [2.24, 2.45) is 0 Å². The number of nitrogens with one attached hydrogen (secondary N) is 1. The lowest BCUT2D eigenvalue weighted by atomic mass is 10.1. The molecule has 0 bridgehead atoms. The lowest BCUT2D eigenvalue weighted by Crippen LogP contribution is -2.35. The van der Waals surface area contributed by atoms with E-state index < -0.39 is 0 Å². The van der Waals surface area contributed by atoms with Gasteiger partial charge in [-0.2, -0.15) is 0 Å². The third-order valence-corrected chi connectivity index (χ3v) is 3.37. The second-order valence-electron chi connectivity index (χ2n) is 5.43. The highest BCUT2D eigenvalue weighted by Crippen LogP contribution is 2.20. The quantitative estimate of drug-likeness (QED) is 0.906. The molecule has 2 rings (SSSR count). The molecule has 0 aliphatic carbocycles. The number of aromatic nitrogens is 1. The third-order valence-electron chi connectivity index (χ3n) is 2.62. The fourth-order valence-corrected chi connectivity index (χ4v) is 2.14. The van der Waals surface area contributed by atoms with Gasteiger partial charge in [-0.15, -0.1) is 11.3 Å². The van der Waals surface area contributed by atoms with Crippen molar-refractivity contribution in [2.45, 2.75) is 39.5 Å². The van der Waals surface area contributed by atoms with Crippen LogP contribution in [0.5, 0.6) is 5.75 Å². The predicted octanol–water partition coefficient (Wildman–Crippen LogP) is 3.61. The van der Waals surface area contributed by atoms with Crippen LogP contribution in [0, 0.1) is 0 Å². The number of hydrogen-bond acceptors (Lipinski definition) is 4. The van der Waals surface area contributed by atoms with Crippen molar-refractivity contribution < 1.29 is 4.74 Å². The number of para-hydroxylation sites is 1. The Morgan fingerprint density at radius 2 is 2.05 bits per heavy atom. The molecule has 0 unspecified atom stereocenters. The molecule has 1 heterocycles. The second kappa shape index (κ2) is 6.17. The summed E-state index contributed by atoms with van der Waals surface area (Å²) in [6.45, 7) is 7.81. The molecule has 0 saturated heterocycles. The molecule has 0 spiro atoms. The average molecular weight is 276 g/mol. The highest BCUT2D eigenvalue weighted by atomic mass is 32.1. The standard InChI is InChI=1S/C15H20N2OS/c1-15(2,3)17-10-12-6-4-5-7-13(12)18-11-14-16-8-9-19-14/h4-9,17H,10-11H2,1-3H3. The van der Waals surface area contributed by atoms with Crippen LogP contribution in [0.3, 0.4) is 0 Å². The minimum Gasteiger partial charge on any atom is -0.486 e. The van der Waals surface area contributed by atoms with E-state index in [1.807, 2.05) is 23.6 Å². The molecule has 1 aromatic carbocycles. The Morgan fingerprint density at radius 1 is 1.26 bits per heavy atom. The third kappa shape index (κ3) is 4.65. The minimum absolute atomic E-state index is 0.0996. The van der Waals surface area contributed by atoms with Gasteiger partial charge < -0.3 is 10.1 Å². The number of nitrogens with zero attached hydrogens (tertiary/aromatic N) is 1. The summed E-state index contributed by atoms with van der Waals surface area (Å²) in [6, 6.07) is 8.14. The molecule has 0 amide bonds. The van der Waals surface area contributed by atoms with E-state index in [1.54, 1.807) is 17.5 Å². The van der Waals surface area contributed by atoms with Gasteiger partial charge in [0.25, 0.3) is 0 Å². The molecule has 3 nitrogen and oxygen atoms in total. The Hall–Kier alpha value is -1.39. The van der Waals surface area contributed by atoms with Crippen molar-refractivity contribution in [2.75, 3.05) is 0 Å². The zero-order valence-corrected chi connectivity index (χ0v) is 12.5. The van der Waals surface area contributed by atoms with Gasteiger partial charge in [-0.05, 0) is 26.8 Å². The minimum atomic E-state index is 0.0996. The Labute approximate surface area is 118 Å². The molecule has 1 aromatic heterocycles. The predicted molar refractivity (Wildman–Crippen MR) is 79.5 cm³/mol. The summed E-state index contributed by atoms with van der Waals surface area (Å²) >= 11 is 1.61. The summed E-state index contributed by atoms with van der Waals surface area (Å²) in [7, 11) is 0. The van der Waals surface area contributed by atoms with Gasteiger partial charge in [0.15, 0.2) is 0 Å². The van der Waals surface area contributed by atoms with Crippen LogP contribution in [0.2, 0.25) is 0 Å². The summed E-state index contributed by atoms with van der Waals surface area (Å²) < 4.78 is 5.85. The highest BCUT2D eigenvalue weighted by Gasteiger charge is 2.11. The Bertz CT molecular complexity index is 503. The van der Waals surface area contributed by atoms with Crippen LogP contribution in [-0.4, -0.2) is 10.5 Å². The first-order chi connectivity index (χ1) is 9.04. The van der Waals surface area contributed by atoms with E-state index in [9.17, 15) is 0 Å². The molecule has 1 N–H and O–H groups in total. The number of ether oxygens (including phenoxy) is 1. The molecule has 4 heteroatoms. The Kier molecular flexibility index (Phi) is 4.56. The molecular weight excluding hydrogens is 256 g/mol. The molecule has 102 valence electrons. The summed E-state index contributed by atoms with van der Waals surface area (Å²) in [6.07, 6.45) is 1.80. The molecule has 0 radical (unpaired) electrons. The maximum atomic E-state index is 5.85. The molecule has 0 saturated carbocycles. The van der Waals surface area contributed by atoms with Gasteiger partial charge in [0.1, 0.15) is 17.4 Å². The first-order valence-electron chi connectivity index (χ1n) is 6.39. The summed E-state index contributed by atoms with van der Waals surface area (Å²) in [5.41, 5.74) is 1.27. The molecule has 0 aliphatic heterocycles. The number of hydrogen-bond donors (Lipinski definition) is 1. The van der Waals surface area contributed by atoms with Crippen molar-refractivity contribution in [3.05, 3.63) is 46.4 Å². The highest BCUT2D eigenvalue weighted by molar-refractivity contribution is 7.09. The van der Waals surface area contributed by atoms with Crippen molar-refractivity contribution in [1.29, 1.82) is 0 Å². The first-order valence-corrected chi connectivity index (χ1v) is 7.27. The van der Waals surface area contributed by atoms with Gasteiger partial charge in [0.05, 0.1) is 0 Å². The zero-order valence-electron chi connectivity index (χ0n) is 11.6. The van der Waals surface area contributed by atoms with Crippen LogP contribution in [0.4, 0.5) is 0 Å². The monoisotopic (exact) mass is 276 g/mol. The number of thiazole rings is 1. The van der Waals surface area contributed by atoms with Crippen molar-refractivity contribution in [1.82, 2.24) is 10.3 Å². The van der Waals surface area contributed by atoms with Crippen LogP contribution in [0.15, 0.2) is 35.8 Å². The van der Waals surface area contributed by atoms with Crippen LogP contribution in [0.25, 0.3) is 0 Å². The Morgan fingerprint density at radius 3 is 2.74 bits per heavy atom. The fraction of sp³-hybridized carbons (Fsp3) is 0.400. The maximum absolute atomic E-state index is 5.85. The van der Waals surface area contributed by atoms with Gasteiger partial charge in [0, 0.05) is 29.2 Å². The zero-order chi connectivity index (χ0) is 13.7. The van der Waals surface area contributed by atoms with Crippen molar-refractivity contribution in [3.8, 4) is 5.75 Å². The number of rotatable bonds is 5. The lowest BCUT2D eigenvalue weighted by molar-refractivity contribution is 0.299. The normalized spacial score (nSPS) is 11.5. The van der Waals surface area contributed by atoms with Crippen LogP contribution < -0.4 is 10.1 Å². The number of benzene rings is 1. The van der Waals surface area contributed by atoms with Gasteiger partial charge in [-0.25, -0.2) is 4.98 Å². The molecular formula is C15H20N2OS. The maximum Gasteiger partial charge on any atom is 0.140 e. The summed E-state index contributed by atoms with van der Waals surface area (Å²) in [5.74, 6) is 0.925. The SMILES string of the molecule is CC(C)(C)NCc1ccccc1OCc1nccs1. The molecule has 0 fully saturated rings. The largest absolute Gasteiger partial charge is 0.486 e. The Balaban J connectivity index is 1.99. The molecule has 0 atom stereocenters. The van der Waals surface area contributed by atoms with E-state index in [4.69, 9.17) is 4.74 Å². The fourth-order valence-electron chi connectivity index (χ4n) is 1.61. The molecule has 0 aliphatic rings. The second-order valence-corrected chi connectivity index (χ2v) is 6.40. The van der Waals surface area contributed by atoms with Crippen molar-refractivity contribution in [3.63, 3.8) is 0 Å². The lowest BCUT2D eigenvalue weighted by Gasteiger charge is -2.21. The topological polar surface area (TPSA) is 34.1 Å². The first kappa shape index (κ1) is 14.0. The van der Waals surface area contributed by atoms with E-state index in [-0.39, 0.29) is 5.54 Å². The smallest absolute Gasteiger partial charge is 0.140 e. The van der Waals surface area contributed by atoms with E-state index in [2.05, 4.69) is 37.1 Å². The molecule has 2 aromatic rings. The van der Waals surface area contributed by atoms with Gasteiger partial charge in [0.2, 0.25) is 0 Å². The summed E-state index contributed by atoms with van der Waals surface area (Å²) in [5, 5.41) is 6.44. The molecule has 19 heavy (non-hydrogen) atoms. The van der Waals surface area contributed by atoms with Crippen LogP contribution in [-0.2, 0) is 13.2 Å².